The number of nitrogens with zero attached hydrogens (tertiary/aromatic N) is 1. The Morgan fingerprint density at radius 1 is 1.50 bits per heavy atom. The minimum atomic E-state index is -0.265. The van der Waals surface area contributed by atoms with E-state index in [1.54, 1.807) is 4.90 Å². The van der Waals surface area contributed by atoms with Gasteiger partial charge in [0.1, 0.15) is 0 Å². The Morgan fingerprint density at radius 2 is 2.19 bits per heavy atom. The quantitative estimate of drug-likeness (QED) is 0.839. The van der Waals surface area contributed by atoms with Crippen molar-refractivity contribution in [2.45, 2.75) is 19.8 Å². The molecule has 2 rings (SSSR count). The van der Waals surface area contributed by atoms with Crippen molar-refractivity contribution in [1.29, 1.82) is 0 Å². The van der Waals surface area contributed by atoms with E-state index < -0.39 is 0 Å². The molecule has 1 saturated carbocycles. The largest absolute Gasteiger partial charge is 0.329 e. The highest BCUT2D eigenvalue weighted by Gasteiger charge is 2.50. The number of carbonyl (C=O) groups is 1. The average Bonchev–Trinajstić information content (AvgIpc) is 3.08. The first-order valence-corrected chi connectivity index (χ1v) is 5.64. The van der Waals surface area contributed by atoms with Gasteiger partial charge in [0.05, 0.1) is 5.41 Å². The molecule has 0 saturated heterocycles. The summed E-state index contributed by atoms with van der Waals surface area (Å²) in [7, 11) is 1.83. The van der Waals surface area contributed by atoms with Crippen LogP contribution in [0.4, 0.5) is 5.69 Å². The molecule has 1 aromatic rings. The molecule has 0 bridgehead atoms. The minimum absolute atomic E-state index is 0.153. The second-order valence-electron chi connectivity index (χ2n) is 4.69. The summed E-state index contributed by atoms with van der Waals surface area (Å²) in [6.07, 6.45) is 1.86. The zero-order chi connectivity index (χ0) is 11.8. The normalized spacial score (nSPS) is 16.9. The van der Waals surface area contributed by atoms with Gasteiger partial charge in [0.15, 0.2) is 0 Å². The topological polar surface area (TPSA) is 46.3 Å². The second-order valence-corrected chi connectivity index (χ2v) is 4.69. The number of anilines is 1. The predicted octanol–water partition coefficient (Wildman–Crippen LogP) is 1.70. The molecule has 3 nitrogen and oxygen atoms in total. The Bertz CT molecular complexity index is 410. The van der Waals surface area contributed by atoms with Crippen LogP contribution in [0.15, 0.2) is 24.3 Å². The number of amides is 1. The van der Waals surface area contributed by atoms with Crippen molar-refractivity contribution in [3.63, 3.8) is 0 Å². The molecule has 1 aromatic carbocycles. The van der Waals surface area contributed by atoms with Crippen molar-refractivity contribution in [1.82, 2.24) is 0 Å². The van der Waals surface area contributed by atoms with Crippen LogP contribution >= 0.6 is 0 Å². The highest BCUT2D eigenvalue weighted by atomic mass is 16.2. The summed E-state index contributed by atoms with van der Waals surface area (Å²) in [5.41, 5.74) is 7.51. The molecule has 0 atom stereocenters. The summed E-state index contributed by atoms with van der Waals surface area (Å²) < 4.78 is 0. The molecule has 0 heterocycles. The first-order valence-electron chi connectivity index (χ1n) is 5.64. The number of hydrogen-bond donors (Lipinski definition) is 1. The van der Waals surface area contributed by atoms with Crippen molar-refractivity contribution in [2.24, 2.45) is 11.1 Å². The molecule has 0 radical (unpaired) electrons. The summed E-state index contributed by atoms with van der Waals surface area (Å²) in [4.78, 5) is 13.9. The lowest BCUT2D eigenvalue weighted by molar-refractivity contribution is -0.123. The average molecular weight is 218 g/mol. The molecule has 3 heteroatoms. The Labute approximate surface area is 96.2 Å². The number of hydrogen-bond acceptors (Lipinski definition) is 2. The fourth-order valence-electron chi connectivity index (χ4n) is 1.97. The van der Waals surface area contributed by atoms with E-state index in [-0.39, 0.29) is 11.3 Å². The van der Waals surface area contributed by atoms with Crippen LogP contribution in [0, 0.1) is 12.3 Å². The van der Waals surface area contributed by atoms with Gasteiger partial charge in [0.25, 0.3) is 0 Å². The minimum Gasteiger partial charge on any atom is -0.329 e. The molecule has 0 spiro atoms. The highest BCUT2D eigenvalue weighted by molar-refractivity contribution is 5.99. The van der Waals surface area contributed by atoms with Crippen LogP contribution in [0.25, 0.3) is 0 Å². The number of carbonyl (C=O) groups excluding carboxylic acids is 1. The molecule has 16 heavy (non-hydrogen) atoms. The van der Waals surface area contributed by atoms with E-state index >= 15 is 0 Å². The SMILES string of the molecule is Cc1cccc(N(C)C(=O)C2(CN)CC2)c1. The first kappa shape index (κ1) is 11.1. The van der Waals surface area contributed by atoms with Gasteiger partial charge in [-0.3, -0.25) is 4.79 Å². The lowest BCUT2D eigenvalue weighted by Crippen LogP contribution is -2.38. The third kappa shape index (κ3) is 1.83. The van der Waals surface area contributed by atoms with Crippen LogP contribution in [-0.4, -0.2) is 19.5 Å². The van der Waals surface area contributed by atoms with E-state index in [4.69, 9.17) is 5.73 Å². The molecule has 86 valence electrons. The summed E-state index contributed by atoms with van der Waals surface area (Å²) >= 11 is 0. The van der Waals surface area contributed by atoms with E-state index in [9.17, 15) is 4.79 Å². The van der Waals surface area contributed by atoms with Crippen molar-refractivity contribution in [2.75, 3.05) is 18.5 Å². The third-order valence-electron chi connectivity index (χ3n) is 3.39. The number of rotatable bonds is 3. The van der Waals surface area contributed by atoms with Crippen LogP contribution in [0.1, 0.15) is 18.4 Å². The van der Waals surface area contributed by atoms with E-state index in [1.165, 1.54) is 0 Å². The standard InChI is InChI=1S/C13H18N2O/c1-10-4-3-5-11(8-10)15(2)12(16)13(9-14)6-7-13/h3-5,8H,6-7,9,14H2,1-2H3. The molecule has 1 amide bonds. The van der Waals surface area contributed by atoms with Gasteiger partial charge in [-0.05, 0) is 37.5 Å². The summed E-state index contributed by atoms with van der Waals surface area (Å²) in [6, 6.07) is 7.97. The molecular formula is C13H18N2O. The van der Waals surface area contributed by atoms with Gasteiger partial charge in [-0.15, -0.1) is 0 Å². The summed E-state index contributed by atoms with van der Waals surface area (Å²) in [6.45, 7) is 2.49. The van der Waals surface area contributed by atoms with Crippen LogP contribution < -0.4 is 10.6 Å². The molecule has 0 aliphatic heterocycles. The fraction of sp³-hybridized carbons (Fsp3) is 0.462. The summed E-state index contributed by atoms with van der Waals surface area (Å²) in [5.74, 6) is 0.153. The third-order valence-corrected chi connectivity index (χ3v) is 3.39. The molecule has 0 aromatic heterocycles. The van der Waals surface area contributed by atoms with Gasteiger partial charge in [0.2, 0.25) is 5.91 Å². The molecule has 1 fully saturated rings. The number of aryl methyl sites for hydroxylation is 1. The Kier molecular flexibility index (Phi) is 2.72. The predicted molar refractivity (Wildman–Crippen MR) is 65.3 cm³/mol. The maximum absolute atomic E-state index is 12.2. The van der Waals surface area contributed by atoms with Gasteiger partial charge in [-0.2, -0.15) is 0 Å². The van der Waals surface area contributed by atoms with Crippen molar-refractivity contribution < 1.29 is 4.79 Å². The monoisotopic (exact) mass is 218 g/mol. The van der Waals surface area contributed by atoms with Gasteiger partial charge in [-0.25, -0.2) is 0 Å². The molecular weight excluding hydrogens is 200 g/mol. The number of nitrogens with two attached hydrogens (primary N) is 1. The Hall–Kier alpha value is -1.35. The van der Waals surface area contributed by atoms with Gasteiger partial charge in [0, 0.05) is 19.3 Å². The Morgan fingerprint density at radius 3 is 2.69 bits per heavy atom. The van der Waals surface area contributed by atoms with E-state index in [1.807, 2.05) is 38.2 Å². The van der Waals surface area contributed by atoms with Gasteiger partial charge < -0.3 is 10.6 Å². The maximum atomic E-state index is 12.2. The Balaban J connectivity index is 2.19. The lowest BCUT2D eigenvalue weighted by Gasteiger charge is -2.22. The van der Waals surface area contributed by atoms with Crippen molar-refractivity contribution in [3.05, 3.63) is 29.8 Å². The van der Waals surface area contributed by atoms with Crippen LogP contribution in [0.5, 0.6) is 0 Å². The van der Waals surface area contributed by atoms with Crippen molar-refractivity contribution >= 4 is 11.6 Å². The smallest absolute Gasteiger partial charge is 0.234 e. The second kappa shape index (κ2) is 3.91. The van der Waals surface area contributed by atoms with Crippen LogP contribution in [0.2, 0.25) is 0 Å². The van der Waals surface area contributed by atoms with Crippen LogP contribution in [0.3, 0.4) is 0 Å². The zero-order valence-corrected chi connectivity index (χ0v) is 9.86. The van der Waals surface area contributed by atoms with Gasteiger partial charge in [-0.1, -0.05) is 12.1 Å². The highest BCUT2D eigenvalue weighted by Crippen LogP contribution is 2.46. The molecule has 1 aliphatic rings. The molecule has 0 unspecified atom stereocenters. The first-order chi connectivity index (χ1) is 7.59. The fourth-order valence-corrected chi connectivity index (χ4v) is 1.97. The lowest BCUT2D eigenvalue weighted by atomic mass is 10.1. The van der Waals surface area contributed by atoms with E-state index in [2.05, 4.69) is 0 Å². The number of benzene rings is 1. The van der Waals surface area contributed by atoms with Gasteiger partial charge >= 0.3 is 0 Å². The zero-order valence-electron chi connectivity index (χ0n) is 9.86. The van der Waals surface area contributed by atoms with E-state index in [0.29, 0.717) is 6.54 Å². The van der Waals surface area contributed by atoms with Crippen molar-refractivity contribution in [3.8, 4) is 0 Å². The van der Waals surface area contributed by atoms with Crippen LogP contribution in [-0.2, 0) is 4.79 Å². The molecule has 1 aliphatic carbocycles. The van der Waals surface area contributed by atoms with E-state index in [0.717, 1.165) is 24.1 Å². The summed E-state index contributed by atoms with van der Waals surface area (Å²) in [5, 5.41) is 0. The maximum Gasteiger partial charge on any atom is 0.234 e. The molecule has 2 N–H and O–H groups in total.